The van der Waals surface area contributed by atoms with Gasteiger partial charge in [0.05, 0.1) is 0 Å². The van der Waals surface area contributed by atoms with E-state index < -0.39 is 122 Å². The third kappa shape index (κ3) is 11.7. The van der Waals surface area contributed by atoms with E-state index >= 15 is 0 Å². The molecule has 0 aliphatic carbocycles. The molecule has 20 heteroatoms. The SMILES string of the molecule is COCOC(=O)[C@H]1OC(OC(C)=O)[C@H](OC(C)=O)[C@@H](OC(C)=O)[C@@H]1O[C@@H]1O[C@H](COC(C)=O)[C@H](OC(C)=O)[C@H](OC(C)=O)[C@H]1NC(C)=O. The zero-order valence-electron chi connectivity index (χ0n) is 27.4. The summed E-state index contributed by atoms with van der Waals surface area (Å²) >= 11 is 0. The van der Waals surface area contributed by atoms with Crippen LogP contribution in [0.5, 0.6) is 0 Å². The van der Waals surface area contributed by atoms with Crippen molar-refractivity contribution in [3.63, 3.8) is 0 Å². The van der Waals surface area contributed by atoms with E-state index in [1.807, 2.05) is 0 Å². The number of hydrogen-bond donors (Lipinski definition) is 1. The maximum Gasteiger partial charge on any atom is 0.340 e. The molecule has 1 amide bonds. The van der Waals surface area contributed by atoms with Crippen LogP contribution in [0.4, 0.5) is 0 Å². The quantitative estimate of drug-likeness (QED) is 0.129. The summed E-state index contributed by atoms with van der Waals surface area (Å²) in [6.45, 7) is 5.97. The van der Waals surface area contributed by atoms with Gasteiger partial charge in [-0.3, -0.25) is 33.6 Å². The molecule has 2 aliphatic heterocycles. The first kappa shape index (κ1) is 39.8. The minimum Gasteiger partial charge on any atom is -0.463 e. The molecule has 0 aromatic rings. The Hall–Kier alpha value is -4.40. The monoisotopic (exact) mass is 693 g/mol. The van der Waals surface area contributed by atoms with Crippen molar-refractivity contribution in [3.05, 3.63) is 0 Å². The van der Waals surface area contributed by atoms with E-state index in [-0.39, 0.29) is 0 Å². The molecule has 2 rings (SSSR count). The Morgan fingerprint density at radius 1 is 0.562 bits per heavy atom. The number of hydrogen-bond acceptors (Lipinski definition) is 19. The molecule has 1 unspecified atom stereocenters. The van der Waals surface area contributed by atoms with Gasteiger partial charge in [0, 0.05) is 55.6 Å². The smallest absolute Gasteiger partial charge is 0.340 e. The van der Waals surface area contributed by atoms with Crippen molar-refractivity contribution in [2.24, 2.45) is 0 Å². The molecule has 10 atom stereocenters. The Balaban J connectivity index is 2.77. The highest BCUT2D eigenvalue weighted by Crippen LogP contribution is 2.35. The minimum absolute atomic E-state index is 0.601. The van der Waals surface area contributed by atoms with Crippen molar-refractivity contribution in [1.82, 2.24) is 5.32 Å². The van der Waals surface area contributed by atoms with E-state index in [0.29, 0.717) is 0 Å². The van der Waals surface area contributed by atoms with Gasteiger partial charge in [-0.1, -0.05) is 0 Å². The van der Waals surface area contributed by atoms with Gasteiger partial charge in [0.1, 0.15) is 24.9 Å². The van der Waals surface area contributed by atoms with E-state index in [1.165, 1.54) is 7.11 Å². The molecule has 270 valence electrons. The van der Waals surface area contributed by atoms with Crippen molar-refractivity contribution >= 4 is 47.7 Å². The Morgan fingerprint density at radius 2 is 1.08 bits per heavy atom. The van der Waals surface area contributed by atoms with Gasteiger partial charge in [-0.2, -0.15) is 0 Å². The van der Waals surface area contributed by atoms with E-state index in [4.69, 9.17) is 52.1 Å². The number of methoxy groups -OCH3 is 1. The second kappa shape index (κ2) is 18.2. The van der Waals surface area contributed by atoms with Crippen molar-refractivity contribution in [1.29, 1.82) is 0 Å². The Labute approximate surface area is 274 Å². The standard InChI is InChI=1S/C28H39NO19/c1-11(30)29-19-21(42-14(4)33)20(41-13(3)32)18(9-39-12(2)31)46-27(19)47-22-23(43-15(5)34)25(44-16(6)35)28(45-17(7)36)48-24(22)26(37)40-10-38-8/h18-25,27-28H,9-10H2,1-8H3,(H,29,30)/t18-,19-,20+,21-,22+,23+,24+,25-,27+,28?/m1/s1. The number of carbonyl (C=O) groups excluding carboxylic acids is 8. The molecule has 20 nitrogen and oxygen atoms in total. The average Bonchev–Trinajstić information content (AvgIpc) is 2.95. The summed E-state index contributed by atoms with van der Waals surface area (Å²) in [6.07, 6.45) is -15.6. The summed E-state index contributed by atoms with van der Waals surface area (Å²) in [5, 5.41) is 2.47. The van der Waals surface area contributed by atoms with Gasteiger partial charge >= 0.3 is 41.8 Å². The van der Waals surface area contributed by atoms with Gasteiger partial charge < -0.3 is 57.4 Å². The van der Waals surface area contributed by atoms with E-state index in [9.17, 15) is 38.4 Å². The molecule has 1 N–H and O–H groups in total. The van der Waals surface area contributed by atoms with Crippen LogP contribution in [0, 0.1) is 0 Å². The summed E-state index contributed by atoms with van der Waals surface area (Å²) in [5.41, 5.74) is 0. The molecule has 2 aliphatic rings. The average molecular weight is 694 g/mol. The molecule has 48 heavy (non-hydrogen) atoms. The number of ether oxygens (including phenoxy) is 11. The highest BCUT2D eigenvalue weighted by Gasteiger charge is 2.58. The molecule has 2 fully saturated rings. The number of rotatable bonds is 13. The van der Waals surface area contributed by atoms with Crippen LogP contribution in [0.2, 0.25) is 0 Å². The normalized spacial score (nSPS) is 29.7. The number of nitrogens with one attached hydrogen (secondary N) is 1. The lowest BCUT2D eigenvalue weighted by Crippen LogP contribution is -2.69. The van der Waals surface area contributed by atoms with E-state index in [0.717, 1.165) is 48.5 Å². The molecular formula is C28H39NO19. The highest BCUT2D eigenvalue weighted by atomic mass is 16.8. The molecule has 0 bridgehead atoms. The fourth-order valence-electron chi connectivity index (χ4n) is 4.81. The third-order valence-electron chi connectivity index (χ3n) is 6.29. The summed E-state index contributed by atoms with van der Waals surface area (Å²) in [6, 6.07) is -1.55. The van der Waals surface area contributed by atoms with Crippen molar-refractivity contribution in [2.75, 3.05) is 20.5 Å². The van der Waals surface area contributed by atoms with Gasteiger partial charge in [0.25, 0.3) is 0 Å². The summed E-state index contributed by atoms with van der Waals surface area (Å²) in [7, 11) is 1.20. The maximum absolute atomic E-state index is 13.3. The number of esters is 7. The van der Waals surface area contributed by atoms with Gasteiger partial charge in [-0.25, -0.2) is 4.79 Å². The predicted octanol–water partition coefficient (Wildman–Crippen LogP) is -1.67. The Bertz CT molecular complexity index is 1220. The number of amides is 1. The molecule has 0 radical (unpaired) electrons. The third-order valence-corrected chi connectivity index (χ3v) is 6.29. The van der Waals surface area contributed by atoms with Gasteiger partial charge in [-0.05, 0) is 0 Å². The zero-order chi connectivity index (χ0) is 36.3. The van der Waals surface area contributed by atoms with Crippen molar-refractivity contribution in [2.45, 2.75) is 110 Å². The lowest BCUT2D eigenvalue weighted by atomic mass is 9.94. The van der Waals surface area contributed by atoms with E-state index in [2.05, 4.69) is 5.32 Å². The second-order valence-corrected chi connectivity index (χ2v) is 10.4. The predicted molar refractivity (Wildman–Crippen MR) is 148 cm³/mol. The number of carbonyl (C=O) groups is 8. The second-order valence-electron chi connectivity index (χ2n) is 10.4. The van der Waals surface area contributed by atoms with Crippen LogP contribution in [-0.2, 0) is 90.5 Å². The lowest BCUT2D eigenvalue weighted by Gasteiger charge is -2.48. The molecule has 2 heterocycles. The van der Waals surface area contributed by atoms with Gasteiger partial charge in [0.2, 0.25) is 18.3 Å². The van der Waals surface area contributed by atoms with Crippen LogP contribution >= 0.6 is 0 Å². The molecule has 0 spiro atoms. The zero-order valence-corrected chi connectivity index (χ0v) is 27.4. The lowest BCUT2D eigenvalue weighted by molar-refractivity contribution is -0.339. The summed E-state index contributed by atoms with van der Waals surface area (Å²) in [5.74, 6) is -7.38. The van der Waals surface area contributed by atoms with Crippen LogP contribution in [0.3, 0.4) is 0 Å². The molecule has 0 aromatic heterocycles. The van der Waals surface area contributed by atoms with Crippen LogP contribution < -0.4 is 5.32 Å². The first-order valence-electron chi connectivity index (χ1n) is 14.3. The molecular weight excluding hydrogens is 654 g/mol. The molecule has 0 saturated carbocycles. The topological polar surface area (TPSA) is 250 Å². The minimum atomic E-state index is -1.95. The van der Waals surface area contributed by atoms with Crippen molar-refractivity contribution in [3.8, 4) is 0 Å². The van der Waals surface area contributed by atoms with Crippen LogP contribution in [0.1, 0.15) is 48.5 Å². The van der Waals surface area contributed by atoms with E-state index in [1.54, 1.807) is 0 Å². The van der Waals surface area contributed by atoms with Crippen molar-refractivity contribution < 1.29 is 90.5 Å². The largest absolute Gasteiger partial charge is 0.463 e. The first-order valence-corrected chi connectivity index (χ1v) is 14.3. The fourth-order valence-corrected chi connectivity index (χ4v) is 4.81. The fraction of sp³-hybridized carbons (Fsp3) is 0.714. The molecule has 2 saturated heterocycles. The molecule has 0 aromatic carbocycles. The van der Waals surface area contributed by atoms with Gasteiger partial charge in [0.15, 0.2) is 37.5 Å². The van der Waals surface area contributed by atoms with Crippen LogP contribution in [0.25, 0.3) is 0 Å². The first-order chi connectivity index (χ1) is 22.4. The van der Waals surface area contributed by atoms with Crippen LogP contribution in [0.15, 0.2) is 0 Å². The summed E-state index contributed by atoms with van der Waals surface area (Å²) in [4.78, 5) is 98.1. The highest BCUT2D eigenvalue weighted by molar-refractivity contribution is 5.76. The summed E-state index contributed by atoms with van der Waals surface area (Å²) < 4.78 is 59.4. The Morgan fingerprint density at radius 3 is 1.58 bits per heavy atom. The van der Waals surface area contributed by atoms with Gasteiger partial charge in [-0.15, -0.1) is 0 Å². The van der Waals surface area contributed by atoms with Crippen LogP contribution in [-0.4, -0.2) is 130 Å². The Kier molecular flexibility index (Phi) is 15.1. The maximum atomic E-state index is 13.3.